The fraction of sp³-hybridized carbons (Fsp3) is 0.533. The van der Waals surface area contributed by atoms with Gasteiger partial charge < -0.3 is 10.4 Å². The highest BCUT2D eigenvalue weighted by Crippen LogP contribution is 2.43. The molecule has 1 aliphatic rings. The van der Waals surface area contributed by atoms with Gasteiger partial charge in [0, 0.05) is 12.1 Å². The Bertz CT molecular complexity index is 500. The summed E-state index contributed by atoms with van der Waals surface area (Å²) in [7, 11) is 0. The first-order valence-electron chi connectivity index (χ1n) is 6.66. The van der Waals surface area contributed by atoms with Crippen molar-refractivity contribution in [3.63, 3.8) is 0 Å². The number of hydrogen-bond donors (Lipinski definition) is 2. The minimum absolute atomic E-state index is 0.0445. The highest BCUT2D eigenvalue weighted by Gasteiger charge is 2.35. The molecule has 102 valence electrons. The van der Waals surface area contributed by atoms with Crippen LogP contribution in [0.1, 0.15) is 47.8 Å². The van der Waals surface area contributed by atoms with E-state index >= 15 is 0 Å². The number of thiophene rings is 1. The summed E-state index contributed by atoms with van der Waals surface area (Å²) in [6.45, 7) is 2.76. The average molecular weight is 277 g/mol. The van der Waals surface area contributed by atoms with E-state index in [1.165, 1.54) is 30.6 Å². The van der Waals surface area contributed by atoms with Crippen molar-refractivity contribution in [1.82, 2.24) is 5.32 Å². The number of aliphatic hydroxyl groups is 1. The first-order valence-corrected chi connectivity index (χ1v) is 7.54. The van der Waals surface area contributed by atoms with Gasteiger partial charge in [-0.1, -0.05) is 25.2 Å². The molecule has 2 rings (SSSR count). The van der Waals surface area contributed by atoms with E-state index in [-0.39, 0.29) is 12.5 Å². The molecule has 0 atom stereocenters. The summed E-state index contributed by atoms with van der Waals surface area (Å²) < 4.78 is 0. The van der Waals surface area contributed by atoms with Gasteiger partial charge in [-0.15, -0.1) is 11.3 Å². The molecule has 0 aromatic carbocycles. The Morgan fingerprint density at radius 1 is 1.58 bits per heavy atom. The fourth-order valence-corrected chi connectivity index (χ4v) is 3.16. The van der Waals surface area contributed by atoms with Crippen LogP contribution in [0, 0.1) is 17.3 Å². The maximum Gasteiger partial charge on any atom is 0.262 e. The Labute approximate surface area is 118 Å². The Balaban J connectivity index is 1.98. The zero-order chi connectivity index (χ0) is 13.7. The quantitative estimate of drug-likeness (QED) is 0.830. The molecule has 1 aromatic rings. The predicted octanol–water partition coefficient (Wildman–Crippen LogP) is 2.40. The SMILES string of the molecule is CCC1(CNC(=O)c2sccc2C#CCO)CCC1. The highest BCUT2D eigenvalue weighted by molar-refractivity contribution is 7.12. The highest BCUT2D eigenvalue weighted by atomic mass is 32.1. The second-order valence-corrected chi connectivity index (χ2v) is 5.93. The second kappa shape index (κ2) is 6.23. The van der Waals surface area contributed by atoms with E-state index in [2.05, 4.69) is 24.1 Å². The van der Waals surface area contributed by atoms with E-state index in [0.29, 0.717) is 15.9 Å². The van der Waals surface area contributed by atoms with Gasteiger partial charge >= 0.3 is 0 Å². The zero-order valence-electron chi connectivity index (χ0n) is 11.2. The molecule has 0 unspecified atom stereocenters. The van der Waals surface area contributed by atoms with E-state index in [4.69, 9.17) is 5.11 Å². The van der Waals surface area contributed by atoms with Crippen LogP contribution in [0.3, 0.4) is 0 Å². The van der Waals surface area contributed by atoms with Crippen LogP contribution >= 0.6 is 11.3 Å². The van der Waals surface area contributed by atoms with Gasteiger partial charge in [-0.2, -0.15) is 0 Å². The number of hydrogen-bond acceptors (Lipinski definition) is 3. The lowest BCUT2D eigenvalue weighted by Gasteiger charge is -2.41. The molecular formula is C15H19NO2S. The van der Waals surface area contributed by atoms with E-state index in [1.54, 1.807) is 0 Å². The van der Waals surface area contributed by atoms with Crippen LogP contribution in [0.5, 0.6) is 0 Å². The molecule has 1 aliphatic carbocycles. The molecular weight excluding hydrogens is 258 g/mol. The van der Waals surface area contributed by atoms with E-state index in [9.17, 15) is 4.79 Å². The Hall–Kier alpha value is -1.31. The lowest BCUT2D eigenvalue weighted by Crippen LogP contribution is -2.41. The van der Waals surface area contributed by atoms with Crippen LogP contribution in [0.15, 0.2) is 11.4 Å². The number of amides is 1. The molecule has 2 N–H and O–H groups in total. The van der Waals surface area contributed by atoms with Crippen LogP contribution in [0.4, 0.5) is 0 Å². The van der Waals surface area contributed by atoms with Crippen molar-refractivity contribution >= 4 is 17.2 Å². The molecule has 1 aromatic heterocycles. The molecule has 19 heavy (non-hydrogen) atoms. The number of carbonyl (C=O) groups excluding carboxylic acids is 1. The summed E-state index contributed by atoms with van der Waals surface area (Å²) in [5.41, 5.74) is 1.03. The standard InChI is InChI=1S/C15H19NO2S/c1-2-15(7-4-8-15)11-16-14(18)13-12(5-3-9-17)6-10-19-13/h6,10,17H,2,4,7-9,11H2,1H3,(H,16,18). The molecule has 0 bridgehead atoms. The number of carbonyl (C=O) groups is 1. The van der Waals surface area contributed by atoms with Crippen molar-refractivity contribution in [1.29, 1.82) is 0 Å². The molecule has 1 amide bonds. The van der Waals surface area contributed by atoms with Gasteiger partial charge in [-0.3, -0.25) is 4.79 Å². The van der Waals surface area contributed by atoms with Gasteiger partial charge in [-0.25, -0.2) is 0 Å². The Morgan fingerprint density at radius 2 is 2.37 bits per heavy atom. The van der Waals surface area contributed by atoms with Crippen molar-refractivity contribution in [3.05, 3.63) is 21.9 Å². The van der Waals surface area contributed by atoms with E-state index < -0.39 is 0 Å². The summed E-state index contributed by atoms with van der Waals surface area (Å²) in [6, 6.07) is 1.82. The van der Waals surface area contributed by atoms with E-state index in [0.717, 1.165) is 13.0 Å². The number of nitrogens with one attached hydrogen (secondary N) is 1. The maximum atomic E-state index is 12.2. The minimum Gasteiger partial charge on any atom is -0.384 e. The lowest BCUT2D eigenvalue weighted by molar-refractivity contribution is 0.0853. The average Bonchev–Trinajstić information content (AvgIpc) is 2.83. The summed E-state index contributed by atoms with van der Waals surface area (Å²) in [5.74, 6) is 5.35. The van der Waals surface area contributed by atoms with Crippen LogP contribution in [0.25, 0.3) is 0 Å². The van der Waals surface area contributed by atoms with Crippen molar-refractivity contribution in [2.45, 2.75) is 32.6 Å². The van der Waals surface area contributed by atoms with Crippen molar-refractivity contribution in [2.24, 2.45) is 5.41 Å². The molecule has 0 aliphatic heterocycles. The van der Waals surface area contributed by atoms with Crippen LogP contribution in [-0.4, -0.2) is 24.2 Å². The second-order valence-electron chi connectivity index (χ2n) is 5.01. The first kappa shape index (κ1) is 14.1. The van der Waals surface area contributed by atoms with Crippen LogP contribution in [-0.2, 0) is 0 Å². The third-order valence-corrected chi connectivity index (χ3v) is 4.87. The predicted molar refractivity (Wildman–Crippen MR) is 77.2 cm³/mol. The first-order chi connectivity index (χ1) is 9.21. The van der Waals surface area contributed by atoms with Gasteiger partial charge in [0.1, 0.15) is 11.5 Å². The molecule has 0 saturated heterocycles. The molecule has 1 saturated carbocycles. The van der Waals surface area contributed by atoms with Gasteiger partial charge in [0.15, 0.2) is 0 Å². The summed E-state index contributed by atoms with van der Waals surface area (Å²) >= 11 is 1.40. The maximum absolute atomic E-state index is 12.2. The normalized spacial score (nSPS) is 16.1. The molecule has 4 heteroatoms. The topological polar surface area (TPSA) is 49.3 Å². The van der Waals surface area contributed by atoms with Crippen LogP contribution in [0.2, 0.25) is 0 Å². The molecule has 1 heterocycles. The number of aliphatic hydroxyl groups excluding tert-OH is 1. The molecule has 0 radical (unpaired) electrons. The van der Waals surface area contributed by atoms with Gasteiger partial charge in [0.05, 0.1) is 0 Å². The Kier molecular flexibility index (Phi) is 4.62. The van der Waals surface area contributed by atoms with Gasteiger partial charge in [-0.05, 0) is 36.1 Å². The molecule has 0 spiro atoms. The minimum atomic E-state index is -0.185. The van der Waals surface area contributed by atoms with E-state index in [1.807, 2.05) is 11.4 Å². The van der Waals surface area contributed by atoms with Gasteiger partial charge in [0.25, 0.3) is 5.91 Å². The third kappa shape index (κ3) is 3.17. The largest absolute Gasteiger partial charge is 0.384 e. The summed E-state index contributed by atoms with van der Waals surface area (Å²) in [6.07, 6.45) is 4.82. The van der Waals surface area contributed by atoms with Crippen LogP contribution < -0.4 is 5.32 Å². The number of rotatable bonds is 4. The molecule has 1 fully saturated rings. The Morgan fingerprint density at radius 3 is 2.95 bits per heavy atom. The fourth-order valence-electron chi connectivity index (χ4n) is 2.40. The molecule has 3 nitrogen and oxygen atoms in total. The van der Waals surface area contributed by atoms with Crippen molar-refractivity contribution in [2.75, 3.05) is 13.2 Å². The van der Waals surface area contributed by atoms with Crippen molar-refractivity contribution < 1.29 is 9.90 Å². The smallest absolute Gasteiger partial charge is 0.262 e. The third-order valence-electron chi connectivity index (χ3n) is 3.96. The monoisotopic (exact) mass is 277 g/mol. The summed E-state index contributed by atoms with van der Waals surface area (Å²) in [4.78, 5) is 12.8. The van der Waals surface area contributed by atoms with Gasteiger partial charge in [0.2, 0.25) is 0 Å². The lowest BCUT2D eigenvalue weighted by atomic mass is 9.67. The van der Waals surface area contributed by atoms with Crippen molar-refractivity contribution in [3.8, 4) is 11.8 Å². The zero-order valence-corrected chi connectivity index (χ0v) is 12.0. The summed E-state index contributed by atoms with van der Waals surface area (Å²) in [5, 5.41) is 13.6.